The van der Waals surface area contributed by atoms with Crippen molar-refractivity contribution in [2.24, 2.45) is 0 Å². The van der Waals surface area contributed by atoms with Gasteiger partial charge in [0.05, 0.1) is 5.56 Å². The molecule has 5 aromatic rings. The molecule has 0 spiro atoms. The number of Topliss-reactive ketones (excluding diaryl/α,β-unsaturated/α-hetero) is 1. The Morgan fingerprint density at radius 3 is 2.46 bits per heavy atom. The van der Waals surface area contributed by atoms with Crippen LogP contribution in [0, 0.1) is 0 Å². The number of ketones is 1. The van der Waals surface area contributed by atoms with E-state index < -0.39 is 17.6 Å². The number of anilines is 1. The molecule has 2 amide bonds. The molecule has 3 aromatic carbocycles. The average Bonchev–Trinajstić information content (AvgIpc) is 3.61. The van der Waals surface area contributed by atoms with Crippen LogP contribution in [0.2, 0.25) is 0 Å². The van der Waals surface area contributed by atoms with E-state index in [-0.39, 0.29) is 16.9 Å². The number of carbonyl (C=O) groups is 3. The SMILES string of the molecule is CCCCNc1ncc2c(-c3ccc(CN4CCN(CCCOCCCc5cccc(Oc6cccc7c6C(=O)NC(=O)C7=O)c5)CC4)cc3)c[nH]c2n1. The lowest BCUT2D eigenvalue weighted by Crippen LogP contribution is -2.46. The number of aromatic nitrogens is 3. The predicted octanol–water partition coefficient (Wildman–Crippen LogP) is 6.24. The summed E-state index contributed by atoms with van der Waals surface area (Å²) in [7, 11) is 0. The van der Waals surface area contributed by atoms with Gasteiger partial charge in [-0.05, 0) is 66.6 Å². The Balaban J connectivity index is 0.780. The number of ether oxygens (including phenoxy) is 2. The number of carbonyl (C=O) groups excluding carboxylic acids is 3. The number of nitrogens with zero attached hydrogens (tertiary/aromatic N) is 4. The summed E-state index contributed by atoms with van der Waals surface area (Å²) in [4.78, 5) is 53.9. The fraction of sp³-hybridized carbons (Fsp3) is 0.357. The molecule has 280 valence electrons. The van der Waals surface area contributed by atoms with Gasteiger partial charge in [0.1, 0.15) is 17.1 Å². The summed E-state index contributed by atoms with van der Waals surface area (Å²) in [5.74, 6) is -0.851. The molecule has 54 heavy (non-hydrogen) atoms. The van der Waals surface area contributed by atoms with Crippen molar-refractivity contribution in [2.45, 2.75) is 45.6 Å². The average molecular weight is 730 g/mol. The van der Waals surface area contributed by atoms with E-state index in [4.69, 9.17) is 9.47 Å². The lowest BCUT2D eigenvalue weighted by Gasteiger charge is -2.34. The van der Waals surface area contributed by atoms with Crippen molar-refractivity contribution in [1.29, 1.82) is 0 Å². The van der Waals surface area contributed by atoms with Crippen molar-refractivity contribution in [2.75, 3.05) is 57.8 Å². The zero-order valence-corrected chi connectivity index (χ0v) is 30.7. The lowest BCUT2D eigenvalue weighted by molar-refractivity contribution is -0.116. The van der Waals surface area contributed by atoms with Crippen LogP contribution in [0.4, 0.5) is 5.95 Å². The van der Waals surface area contributed by atoms with E-state index in [1.54, 1.807) is 18.2 Å². The minimum Gasteiger partial charge on any atom is -0.457 e. The standard InChI is InChI=1S/C42H47N7O5/c1-2-3-17-43-42-45-27-35-34(26-44-39(35)46-42)31-15-13-30(14-16-31)28-49-21-19-48(20-22-49)18-7-24-53-23-6-9-29-8-4-10-32(25-29)54-36-12-5-11-33-37(36)40(51)47-41(52)38(33)50/h4-5,8,10-16,25-27H,2-3,6-7,9,17-24,28H2,1H3,(H,47,51,52)(H2,43,44,45,46). The number of rotatable bonds is 17. The molecular weight excluding hydrogens is 683 g/mol. The van der Waals surface area contributed by atoms with E-state index >= 15 is 0 Å². The third-order valence-corrected chi connectivity index (χ3v) is 9.96. The van der Waals surface area contributed by atoms with E-state index in [9.17, 15) is 14.4 Å². The van der Waals surface area contributed by atoms with Crippen molar-refractivity contribution in [3.63, 3.8) is 0 Å². The van der Waals surface area contributed by atoms with Crippen LogP contribution in [0.15, 0.2) is 79.1 Å². The van der Waals surface area contributed by atoms with Crippen LogP contribution in [0.25, 0.3) is 22.2 Å². The van der Waals surface area contributed by atoms with E-state index in [0.717, 1.165) is 112 Å². The van der Waals surface area contributed by atoms with Gasteiger partial charge in [-0.15, -0.1) is 0 Å². The monoisotopic (exact) mass is 729 g/mol. The molecule has 0 bridgehead atoms. The Morgan fingerprint density at radius 1 is 0.833 bits per heavy atom. The number of unbranched alkanes of at least 4 members (excludes halogenated alkanes) is 1. The normalized spacial score (nSPS) is 15.0. The fourth-order valence-electron chi connectivity index (χ4n) is 6.97. The molecule has 2 aliphatic heterocycles. The zero-order chi connectivity index (χ0) is 37.3. The van der Waals surface area contributed by atoms with Crippen molar-refractivity contribution < 1.29 is 23.9 Å². The highest BCUT2D eigenvalue weighted by atomic mass is 16.5. The Morgan fingerprint density at radius 2 is 1.63 bits per heavy atom. The number of H-pyrrole nitrogens is 1. The number of fused-ring (bicyclic) bond motifs is 2. The van der Waals surface area contributed by atoms with Gasteiger partial charge in [-0.2, -0.15) is 4.98 Å². The van der Waals surface area contributed by atoms with Gasteiger partial charge < -0.3 is 24.7 Å². The number of piperazine rings is 1. The molecule has 3 N–H and O–H groups in total. The smallest absolute Gasteiger partial charge is 0.299 e. The molecule has 1 fully saturated rings. The number of imide groups is 1. The van der Waals surface area contributed by atoms with Crippen molar-refractivity contribution in [1.82, 2.24) is 30.1 Å². The maximum absolute atomic E-state index is 12.4. The minimum absolute atomic E-state index is 0.0540. The predicted molar refractivity (Wildman–Crippen MR) is 208 cm³/mol. The summed E-state index contributed by atoms with van der Waals surface area (Å²) in [5, 5.41) is 6.41. The second kappa shape index (κ2) is 17.6. The van der Waals surface area contributed by atoms with E-state index in [1.165, 1.54) is 11.6 Å². The van der Waals surface area contributed by atoms with E-state index in [0.29, 0.717) is 18.3 Å². The first-order chi connectivity index (χ1) is 26.4. The summed E-state index contributed by atoms with van der Waals surface area (Å²) >= 11 is 0. The third-order valence-electron chi connectivity index (χ3n) is 9.96. The van der Waals surface area contributed by atoms with Gasteiger partial charge in [-0.25, -0.2) is 4.98 Å². The van der Waals surface area contributed by atoms with Crippen LogP contribution in [0.5, 0.6) is 11.5 Å². The quantitative estimate of drug-likeness (QED) is 0.0572. The minimum atomic E-state index is -0.925. The highest BCUT2D eigenvalue weighted by Gasteiger charge is 2.33. The highest BCUT2D eigenvalue weighted by molar-refractivity contribution is 6.49. The second-order valence-electron chi connectivity index (χ2n) is 13.9. The van der Waals surface area contributed by atoms with Crippen molar-refractivity contribution in [3.05, 3.63) is 101 Å². The van der Waals surface area contributed by atoms with Crippen LogP contribution in [-0.4, -0.2) is 94.8 Å². The van der Waals surface area contributed by atoms with Gasteiger partial charge in [0.15, 0.2) is 0 Å². The van der Waals surface area contributed by atoms with Gasteiger partial charge in [0.2, 0.25) is 5.95 Å². The Hall–Kier alpha value is -5.43. The molecule has 0 aliphatic carbocycles. The van der Waals surface area contributed by atoms with Crippen LogP contribution in [-0.2, 0) is 22.5 Å². The van der Waals surface area contributed by atoms with Crippen molar-refractivity contribution in [3.8, 4) is 22.6 Å². The number of benzene rings is 3. The molecule has 1 saturated heterocycles. The third kappa shape index (κ3) is 9.02. The lowest BCUT2D eigenvalue weighted by atomic mass is 9.98. The highest BCUT2D eigenvalue weighted by Crippen LogP contribution is 2.31. The molecule has 2 aliphatic rings. The van der Waals surface area contributed by atoms with Crippen LogP contribution < -0.4 is 15.4 Å². The number of nitrogens with one attached hydrogen (secondary N) is 3. The number of aromatic amines is 1. The van der Waals surface area contributed by atoms with E-state index in [1.807, 2.05) is 30.6 Å². The summed E-state index contributed by atoms with van der Waals surface area (Å²) in [6.45, 7) is 10.7. The Bertz CT molecular complexity index is 2090. The Labute approximate surface area is 315 Å². The molecule has 0 atom stereocenters. The van der Waals surface area contributed by atoms with Gasteiger partial charge in [-0.3, -0.25) is 24.6 Å². The summed E-state index contributed by atoms with van der Waals surface area (Å²) in [6.07, 6.45) is 8.85. The molecule has 0 saturated carbocycles. The van der Waals surface area contributed by atoms with Gasteiger partial charge in [0.25, 0.3) is 17.6 Å². The fourth-order valence-corrected chi connectivity index (χ4v) is 6.97. The first kappa shape index (κ1) is 36.9. The number of hydrogen-bond donors (Lipinski definition) is 3. The van der Waals surface area contributed by atoms with Crippen LogP contribution in [0.3, 0.4) is 0 Å². The first-order valence-corrected chi connectivity index (χ1v) is 18.9. The topological polar surface area (TPSA) is 142 Å². The summed E-state index contributed by atoms with van der Waals surface area (Å²) in [5.41, 5.74) is 5.66. The largest absolute Gasteiger partial charge is 0.457 e. The molecular formula is C42H47N7O5. The number of amides is 2. The van der Waals surface area contributed by atoms with Crippen LogP contribution >= 0.6 is 0 Å². The molecule has 0 unspecified atom stereocenters. The maximum Gasteiger partial charge on any atom is 0.299 e. The van der Waals surface area contributed by atoms with Crippen molar-refractivity contribution >= 4 is 34.6 Å². The Kier molecular flexibility index (Phi) is 12.0. The van der Waals surface area contributed by atoms with Gasteiger partial charge >= 0.3 is 0 Å². The van der Waals surface area contributed by atoms with E-state index in [2.05, 4.69) is 66.6 Å². The molecule has 2 aromatic heterocycles. The number of aryl methyl sites for hydroxylation is 1. The molecule has 7 rings (SSSR count). The number of hydrogen-bond acceptors (Lipinski definition) is 10. The van der Waals surface area contributed by atoms with Gasteiger partial charge in [-0.1, -0.05) is 55.8 Å². The molecule has 12 nitrogen and oxygen atoms in total. The maximum atomic E-state index is 12.4. The first-order valence-electron chi connectivity index (χ1n) is 18.9. The van der Waals surface area contributed by atoms with Gasteiger partial charge in [0, 0.05) is 87.9 Å². The zero-order valence-electron chi connectivity index (χ0n) is 30.7. The summed E-state index contributed by atoms with van der Waals surface area (Å²) < 4.78 is 12.0. The molecule has 4 heterocycles. The van der Waals surface area contributed by atoms with Crippen LogP contribution in [0.1, 0.15) is 64.4 Å². The second-order valence-corrected chi connectivity index (χ2v) is 13.9. The molecule has 12 heteroatoms. The summed E-state index contributed by atoms with van der Waals surface area (Å²) in [6, 6.07) is 21.2. The molecule has 0 radical (unpaired) electrons.